The van der Waals surface area contributed by atoms with Crippen LogP contribution in [0.25, 0.3) is 0 Å². The highest BCUT2D eigenvalue weighted by Crippen LogP contribution is 2.25. The van der Waals surface area contributed by atoms with Gasteiger partial charge in [-0.1, -0.05) is 5.16 Å². The maximum Gasteiger partial charge on any atom is 0.259 e. The average Bonchev–Trinajstić information content (AvgIpc) is 3.05. The molecule has 2 fully saturated rings. The number of hydrogen-bond acceptors (Lipinski definition) is 5. The molecule has 1 N–H and O–H groups in total. The Morgan fingerprint density at radius 2 is 1.95 bits per heavy atom. The van der Waals surface area contributed by atoms with E-state index in [9.17, 15) is 9.90 Å². The molecule has 6 heteroatoms. The van der Waals surface area contributed by atoms with Crippen LogP contribution in [0.4, 0.5) is 0 Å². The third-order valence-corrected chi connectivity index (χ3v) is 4.76. The van der Waals surface area contributed by atoms with Gasteiger partial charge in [0.2, 0.25) is 0 Å². The van der Waals surface area contributed by atoms with Crippen LogP contribution in [0.5, 0.6) is 0 Å². The van der Waals surface area contributed by atoms with Crippen LogP contribution in [0.1, 0.15) is 41.1 Å². The molecule has 2 heterocycles. The Morgan fingerprint density at radius 1 is 1.24 bits per heavy atom. The summed E-state index contributed by atoms with van der Waals surface area (Å²) in [7, 11) is 0. The van der Waals surface area contributed by atoms with E-state index in [0.717, 1.165) is 32.4 Å². The highest BCUT2D eigenvalue weighted by atomic mass is 16.5. The monoisotopic (exact) mass is 293 g/mol. The van der Waals surface area contributed by atoms with Gasteiger partial charge in [-0.05, 0) is 33.1 Å². The molecule has 2 aliphatic rings. The number of amides is 1. The number of rotatable bonds is 2. The average molecular weight is 293 g/mol. The number of aryl methyl sites for hydroxylation is 2. The third kappa shape index (κ3) is 2.70. The van der Waals surface area contributed by atoms with Gasteiger partial charge in [-0.25, -0.2) is 0 Å². The fourth-order valence-corrected chi connectivity index (χ4v) is 3.55. The molecule has 2 unspecified atom stereocenters. The Labute approximate surface area is 124 Å². The first-order valence-corrected chi connectivity index (χ1v) is 7.72. The van der Waals surface area contributed by atoms with E-state index < -0.39 is 0 Å². The highest BCUT2D eigenvalue weighted by molar-refractivity contribution is 5.96. The first kappa shape index (κ1) is 14.5. The molecule has 1 aromatic rings. The molecule has 1 amide bonds. The van der Waals surface area contributed by atoms with Gasteiger partial charge in [0.25, 0.3) is 5.91 Å². The lowest BCUT2D eigenvalue weighted by Crippen LogP contribution is -2.53. The van der Waals surface area contributed by atoms with Gasteiger partial charge in [0.15, 0.2) is 0 Å². The molecule has 1 aromatic heterocycles. The topological polar surface area (TPSA) is 69.8 Å². The molecule has 1 aliphatic heterocycles. The third-order valence-electron chi connectivity index (χ3n) is 4.76. The standard InChI is InChI=1S/C15H23N3O3/c1-10-14(11(2)21-16-10)15(20)18-8-6-17(7-9-18)12-4-3-5-13(12)19/h12-13,19H,3-9H2,1-2H3. The number of carbonyl (C=O) groups excluding carboxylic acids is 1. The zero-order valence-electron chi connectivity index (χ0n) is 12.7. The maximum absolute atomic E-state index is 12.6. The molecule has 0 aromatic carbocycles. The molecule has 0 bridgehead atoms. The summed E-state index contributed by atoms with van der Waals surface area (Å²) in [6.07, 6.45) is 2.88. The molecule has 0 spiro atoms. The van der Waals surface area contributed by atoms with Gasteiger partial charge in [-0.3, -0.25) is 9.69 Å². The summed E-state index contributed by atoms with van der Waals surface area (Å²) in [6.45, 7) is 6.64. The van der Waals surface area contributed by atoms with Crippen molar-refractivity contribution in [3.05, 3.63) is 17.0 Å². The predicted octanol–water partition coefficient (Wildman–Crippen LogP) is 0.963. The van der Waals surface area contributed by atoms with E-state index in [2.05, 4.69) is 10.1 Å². The number of piperazine rings is 1. The maximum atomic E-state index is 12.6. The van der Waals surface area contributed by atoms with E-state index in [1.165, 1.54) is 0 Å². The summed E-state index contributed by atoms with van der Waals surface area (Å²) in [5.41, 5.74) is 1.26. The van der Waals surface area contributed by atoms with Crippen molar-refractivity contribution in [1.82, 2.24) is 15.0 Å². The van der Waals surface area contributed by atoms with E-state index in [4.69, 9.17) is 4.52 Å². The van der Waals surface area contributed by atoms with Crippen LogP contribution in [-0.2, 0) is 0 Å². The van der Waals surface area contributed by atoms with Crippen molar-refractivity contribution in [2.45, 2.75) is 45.3 Å². The number of aliphatic hydroxyl groups is 1. The molecule has 1 saturated carbocycles. The highest BCUT2D eigenvalue weighted by Gasteiger charge is 2.34. The van der Waals surface area contributed by atoms with E-state index in [1.54, 1.807) is 13.8 Å². The van der Waals surface area contributed by atoms with E-state index in [0.29, 0.717) is 30.1 Å². The van der Waals surface area contributed by atoms with Gasteiger partial charge in [-0.2, -0.15) is 0 Å². The molecule has 1 saturated heterocycles. The zero-order chi connectivity index (χ0) is 15.0. The van der Waals surface area contributed by atoms with Gasteiger partial charge in [0, 0.05) is 32.2 Å². The summed E-state index contributed by atoms with van der Waals surface area (Å²) >= 11 is 0. The summed E-state index contributed by atoms with van der Waals surface area (Å²) in [4.78, 5) is 16.7. The van der Waals surface area contributed by atoms with Crippen molar-refractivity contribution >= 4 is 5.91 Å². The Morgan fingerprint density at radius 3 is 2.48 bits per heavy atom. The molecular formula is C15H23N3O3. The van der Waals surface area contributed by atoms with Crippen molar-refractivity contribution in [3.8, 4) is 0 Å². The lowest BCUT2D eigenvalue weighted by molar-refractivity contribution is 0.0314. The van der Waals surface area contributed by atoms with Crippen molar-refractivity contribution in [2.24, 2.45) is 0 Å². The second-order valence-electron chi connectivity index (χ2n) is 6.09. The van der Waals surface area contributed by atoms with Crippen LogP contribution in [0, 0.1) is 13.8 Å². The second-order valence-corrected chi connectivity index (χ2v) is 6.09. The first-order valence-electron chi connectivity index (χ1n) is 7.72. The minimum atomic E-state index is -0.199. The van der Waals surface area contributed by atoms with Gasteiger partial charge in [0.1, 0.15) is 11.3 Å². The van der Waals surface area contributed by atoms with Crippen LogP contribution in [0.15, 0.2) is 4.52 Å². The van der Waals surface area contributed by atoms with Crippen LogP contribution < -0.4 is 0 Å². The summed E-state index contributed by atoms with van der Waals surface area (Å²) in [6, 6.07) is 0.279. The fourth-order valence-electron chi connectivity index (χ4n) is 3.55. The molecule has 1 aliphatic carbocycles. The zero-order valence-corrected chi connectivity index (χ0v) is 12.7. The van der Waals surface area contributed by atoms with Gasteiger partial charge in [-0.15, -0.1) is 0 Å². The van der Waals surface area contributed by atoms with Gasteiger partial charge in [0.05, 0.1) is 11.8 Å². The number of carbonyl (C=O) groups is 1. The molecule has 3 rings (SSSR count). The molecule has 0 radical (unpaired) electrons. The van der Waals surface area contributed by atoms with E-state index >= 15 is 0 Å². The lowest BCUT2D eigenvalue weighted by atomic mass is 10.1. The minimum Gasteiger partial charge on any atom is -0.391 e. The summed E-state index contributed by atoms with van der Waals surface area (Å²) < 4.78 is 5.08. The van der Waals surface area contributed by atoms with Crippen molar-refractivity contribution in [1.29, 1.82) is 0 Å². The van der Waals surface area contributed by atoms with Crippen molar-refractivity contribution in [3.63, 3.8) is 0 Å². The Balaban J connectivity index is 1.62. The van der Waals surface area contributed by atoms with Crippen molar-refractivity contribution in [2.75, 3.05) is 26.2 Å². The Kier molecular flexibility index (Phi) is 3.99. The molecular weight excluding hydrogens is 270 g/mol. The Bertz CT molecular complexity index is 501. The Hall–Kier alpha value is -1.40. The second kappa shape index (κ2) is 5.77. The predicted molar refractivity (Wildman–Crippen MR) is 77.1 cm³/mol. The molecule has 2 atom stereocenters. The number of nitrogens with zero attached hydrogens (tertiary/aromatic N) is 3. The molecule has 21 heavy (non-hydrogen) atoms. The van der Waals surface area contributed by atoms with Crippen LogP contribution in [0.3, 0.4) is 0 Å². The number of hydrogen-bond donors (Lipinski definition) is 1. The normalized spacial score (nSPS) is 27.3. The fraction of sp³-hybridized carbons (Fsp3) is 0.733. The minimum absolute atomic E-state index is 0.0119. The van der Waals surface area contributed by atoms with Crippen LogP contribution >= 0.6 is 0 Å². The van der Waals surface area contributed by atoms with Crippen molar-refractivity contribution < 1.29 is 14.4 Å². The summed E-state index contributed by atoms with van der Waals surface area (Å²) in [5, 5.41) is 13.9. The largest absolute Gasteiger partial charge is 0.391 e. The van der Waals surface area contributed by atoms with E-state index in [1.807, 2.05) is 4.90 Å². The molecule has 116 valence electrons. The quantitative estimate of drug-likeness (QED) is 0.879. The van der Waals surface area contributed by atoms with E-state index in [-0.39, 0.29) is 18.1 Å². The number of aliphatic hydroxyl groups excluding tert-OH is 1. The van der Waals surface area contributed by atoms with Crippen LogP contribution in [0.2, 0.25) is 0 Å². The SMILES string of the molecule is Cc1noc(C)c1C(=O)N1CCN(C2CCCC2O)CC1. The van der Waals surface area contributed by atoms with Gasteiger partial charge < -0.3 is 14.5 Å². The number of aromatic nitrogens is 1. The lowest BCUT2D eigenvalue weighted by Gasteiger charge is -2.39. The van der Waals surface area contributed by atoms with Gasteiger partial charge >= 0.3 is 0 Å². The summed E-state index contributed by atoms with van der Waals surface area (Å²) in [5.74, 6) is 0.601. The smallest absolute Gasteiger partial charge is 0.259 e. The van der Waals surface area contributed by atoms with Crippen LogP contribution in [-0.4, -0.2) is 64.3 Å². The first-order chi connectivity index (χ1) is 10.1. The molecule has 6 nitrogen and oxygen atoms in total.